The van der Waals surface area contributed by atoms with Gasteiger partial charge in [0, 0.05) is 0 Å². The Balaban J connectivity index is 2.72. The Kier molecular flexibility index (Phi) is 4.39. The monoisotopic (exact) mass is 238 g/mol. The minimum atomic E-state index is -0.232. The maximum atomic E-state index is 5.56. The van der Waals surface area contributed by atoms with Crippen molar-refractivity contribution >= 4 is 34.8 Å². The molecular formula is C9H11BrMgO. The molecule has 0 aliphatic heterocycles. The zero-order valence-corrected chi connectivity index (χ0v) is 10.4. The third-order valence-corrected chi connectivity index (χ3v) is 4.12. The van der Waals surface area contributed by atoms with Gasteiger partial charge in [-0.3, -0.25) is 12.9 Å². The van der Waals surface area contributed by atoms with Crippen molar-refractivity contribution in [3.05, 3.63) is 24.3 Å². The van der Waals surface area contributed by atoms with Crippen molar-refractivity contribution in [3.8, 4) is 5.75 Å². The van der Waals surface area contributed by atoms with Crippen molar-refractivity contribution in [2.24, 2.45) is 0 Å². The topological polar surface area (TPSA) is 9.23 Å². The van der Waals surface area contributed by atoms with Crippen molar-refractivity contribution < 1.29 is 4.74 Å². The van der Waals surface area contributed by atoms with E-state index in [1.165, 1.54) is 3.69 Å². The molecule has 3 heteroatoms. The second-order valence-electron chi connectivity index (χ2n) is 2.95. The fraction of sp³-hybridized carbons (Fsp3) is 0.333. The maximum Gasteiger partial charge on any atom is 0.506 e. The summed E-state index contributed by atoms with van der Waals surface area (Å²) in [5, 5.41) is 0. The molecule has 0 unspecified atom stereocenters. The average Bonchev–Trinajstić information content (AvgIpc) is 2.03. The van der Waals surface area contributed by atoms with Gasteiger partial charge in [-0.2, -0.15) is 0 Å². The van der Waals surface area contributed by atoms with Crippen LogP contribution < -0.4 is 8.43 Å². The minimum Gasteiger partial charge on any atom is -0.491 e. The molecule has 0 bridgehead atoms. The lowest BCUT2D eigenvalue weighted by Gasteiger charge is -2.10. The van der Waals surface area contributed by atoms with Gasteiger partial charge in [0.2, 0.25) is 0 Å². The molecule has 0 radical (unpaired) electrons. The SMILES string of the molecule is CC(C)Oc1ccc[c]([Mg][Br])c1. The quantitative estimate of drug-likeness (QED) is 0.734. The van der Waals surface area contributed by atoms with Gasteiger partial charge >= 0.3 is 18.2 Å². The summed E-state index contributed by atoms with van der Waals surface area (Å²) < 4.78 is 6.94. The van der Waals surface area contributed by atoms with Crippen LogP contribution in [0.25, 0.3) is 0 Å². The number of hydrogen-bond donors (Lipinski definition) is 0. The number of benzene rings is 1. The lowest BCUT2D eigenvalue weighted by atomic mass is 10.3. The highest BCUT2D eigenvalue weighted by atomic mass is 79.9. The fourth-order valence-electron chi connectivity index (χ4n) is 0.974. The number of halogens is 1. The van der Waals surface area contributed by atoms with Gasteiger partial charge in [-0.25, -0.2) is 0 Å². The third kappa shape index (κ3) is 3.33. The van der Waals surface area contributed by atoms with Gasteiger partial charge < -0.3 is 4.74 Å². The second-order valence-corrected chi connectivity index (χ2v) is 5.71. The van der Waals surface area contributed by atoms with Gasteiger partial charge in [-0.05, 0) is 26.0 Å². The van der Waals surface area contributed by atoms with Crippen molar-refractivity contribution in [2.45, 2.75) is 20.0 Å². The Labute approximate surface area is 89.1 Å². The van der Waals surface area contributed by atoms with Crippen LogP contribution in [-0.2, 0) is 0 Å². The van der Waals surface area contributed by atoms with E-state index in [9.17, 15) is 0 Å². The van der Waals surface area contributed by atoms with Crippen LogP contribution in [0.15, 0.2) is 24.3 Å². The smallest absolute Gasteiger partial charge is 0.491 e. The van der Waals surface area contributed by atoms with Crippen LogP contribution in [0.2, 0.25) is 0 Å². The molecule has 0 aliphatic carbocycles. The van der Waals surface area contributed by atoms with E-state index in [1.54, 1.807) is 0 Å². The first kappa shape index (κ1) is 10.3. The molecule has 0 aliphatic rings. The second kappa shape index (κ2) is 5.09. The Morgan fingerprint density at radius 1 is 1.42 bits per heavy atom. The van der Waals surface area contributed by atoms with E-state index >= 15 is 0 Å². The van der Waals surface area contributed by atoms with E-state index < -0.39 is 0 Å². The number of hydrogen-bond acceptors (Lipinski definition) is 1. The Morgan fingerprint density at radius 2 is 2.17 bits per heavy atom. The normalized spacial score (nSPS) is 9.67. The van der Waals surface area contributed by atoms with Crippen LogP contribution in [0, 0.1) is 0 Å². The molecule has 1 nitrogen and oxygen atoms in total. The first-order chi connectivity index (χ1) is 5.72. The van der Waals surface area contributed by atoms with Gasteiger partial charge in [0.25, 0.3) is 0 Å². The highest BCUT2D eigenvalue weighted by Gasteiger charge is 1.99. The van der Waals surface area contributed by atoms with E-state index in [1.807, 2.05) is 26.0 Å². The first-order valence-electron chi connectivity index (χ1n) is 4.04. The van der Waals surface area contributed by atoms with Crippen LogP contribution in [-0.4, -0.2) is 24.3 Å². The average molecular weight is 239 g/mol. The van der Waals surface area contributed by atoms with E-state index in [2.05, 4.69) is 25.0 Å². The van der Waals surface area contributed by atoms with Crippen molar-refractivity contribution in [2.75, 3.05) is 0 Å². The van der Waals surface area contributed by atoms with E-state index in [0.29, 0.717) is 0 Å². The highest BCUT2D eigenvalue weighted by molar-refractivity contribution is 9.23. The maximum absolute atomic E-state index is 5.56. The summed E-state index contributed by atoms with van der Waals surface area (Å²) in [5.74, 6) is 0.981. The predicted molar refractivity (Wildman–Crippen MR) is 56.5 cm³/mol. The molecule has 0 amide bonds. The van der Waals surface area contributed by atoms with Crippen LogP contribution in [0.5, 0.6) is 5.75 Å². The van der Waals surface area contributed by atoms with Gasteiger partial charge in [-0.15, -0.1) is 3.69 Å². The van der Waals surface area contributed by atoms with Crippen LogP contribution in [0.4, 0.5) is 0 Å². The molecule has 0 heterocycles. The van der Waals surface area contributed by atoms with Gasteiger partial charge in [-0.1, -0.05) is 12.1 Å². The van der Waals surface area contributed by atoms with Gasteiger partial charge in [0.05, 0.1) is 6.10 Å². The summed E-state index contributed by atoms with van der Waals surface area (Å²) >= 11 is 3.31. The van der Waals surface area contributed by atoms with Crippen molar-refractivity contribution in [3.63, 3.8) is 0 Å². The summed E-state index contributed by atoms with van der Waals surface area (Å²) in [7, 11) is 0. The summed E-state index contributed by atoms with van der Waals surface area (Å²) in [4.78, 5) is 0. The molecule has 0 aromatic heterocycles. The number of rotatable bonds is 3. The minimum absolute atomic E-state index is 0.232. The molecule has 0 saturated heterocycles. The molecule has 0 fully saturated rings. The molecule has 0 spiro atoms. The van der Waals surface area contributed by atoms with E-state index in [0.717, 1.165) is 5.75 Å². The van der Waals surface area contributed by atoms with Crippen LogP contribution in [0.1, 0.15) is 13.8 Å². The molecule has 0 N–H and O–H groups in total. The molecule has 1 rings (SSSR count). The first-order valence-corrected chi connectivity index (χ1v) is 8.64. The summed E-state index contributed by atoms with van der Waals surface area (Å²) in [6.07, 6.45) is 0.261. The summed E-state index contributed by atoms with van der Waals surface area (Å²) in [6, 6.07) is 8.29. The molecule has 0 atom stereocenters. The van der Waals surface area contributed by atoms with Crippen LogP contribution in [0.3, 0.4) is 0 Å². The lowest BCUT2D eigenvalue weighted by Crippen LogP contribution is -2.11. The summed E-state index contributed by atoms with van der Waals surface area (Å²) in [5.41, 5.74) is 0. The number of ether oxygens (including phenoxy) is 1. The lowest BCUT2D eigenvalue weighted by molar-refractivity contribution is 0.242. The fourth-order valence-corrected chi connectivity index (χ4v) is 2.52. The zero-order chi connectivity index (χ0) is 8.97. The van der Waals surface area contributed by atoms with Crippen molar-refractivity contribution in [1.29, 1.82) is 0 Å². The van der Waals surface area contributed by atoms with E-state index in [4.69, 9.17) is 4.74 Å². The Hall–Kier alpha value is 0.266. The molecular weight excluding hydrogens is 228 g/mol. The van der Waals surface area contributed by atoms with Gasteiger partial charge in [0.1, 0.15) is 5.75 Å². The largest absolute Gasteiger partial charge is 0.506 e. The standard InChI is InChI=1S/C9H11O.BrH.Mg/c1-8(2)10-9-6-4-3-5-7-9;;/h3-4,6-8H,1-2H3;1H;/q;;+1/p-1. The molecule has 62 valence electrons. The van der Waals surface area contributed by atoms with E-state index in [-0.39, 0.29) is 24.3 Å². The zero-order valence-electron chi connectivity index (χ0n) is 7.38. The Morgan fingerprint density at radius 3 is 2.75 bits per heavy atom. The predicted octanol–water partition coefficient (Wildman–Crippen LogP) is 2.11. The van der Waals surface area contributed by atoms with Crippen molar-refractivity contribution in [1.82, 2.24) is 0 Å². The molecule has 0 saturated carbocycles. The molecule has 1 aromatic rings. The highest BCUT2D eigenvalue weighted by Crippen LogP contribution is 2.09. The van der Waals surface area contributed by atoms with Crippen LogP contribution >= 0.6 is 12.9 Å². The summed E-state index contributed by atoms with van der Waals surface area (Å²) in [6.45, 7) is 4.08. The third-order valence-electron chi connectivity index (χ3n) is 1.42. The Bertz CT molecular complexity index is 250. The van der Waals surface area contributed by atoms with Gasteiger partial charge in [0.15, 0.2) is 0 Å². The molecule has 1 aromatic carbocycles. The molecule has 12 heavy (non-hydrogen) atoms.